The molecule has 160 valence electrons. The monoisotopic (exact) mass is 447 g/mol. The summed E-state index contributed by atoms with van der Waals surface area (Å²) in [7, 11) is -3.98. The van der Waals surface area contributed by atoms with Gasteiger partial charge in [0.1, 0.15) is 0 Å². The van der Waals surface area contributed by atoms with Gasteiger partial charge >= 0.3 is 0 Å². The van der Waals surface area contributed by atoms with Crippen LogP contribution in [0.1, 0.15) is 26.5 Å². The molecule has 4 aromatic rings. The van der Waals surface area contributed by atoms with Crippen molar-refractivity contribution in [2.24, 2.45) is 0 Å². The number of benzene rings is 3. The molecular weight excluding hydrogens is 430 g/mol. The summed E-state index contributed by atoms with van der Waals surface area (Å²) in [5.41, 5.74) is 1.23. The van der Waals surface area contributed by atoms with E-state index >= 15 is 0 Å². The van der Waals surface area contributed by atoms with Crippen LogP contribution in [0.2, 0.25) is 0 Å². The third-order valence-electron chi connectivity index (χ3n) is 4.53. The highest BCUT2D eigenvalue weighted by Crippen LogP contribution is 2.23. The fourth-order valence-corrected chi connectivity index (χ4v) is 4.04. The Hall–Kier alpha value is -4.24. The summed E-state index contributed by atoms with van der Waals surface area (Å²) in [6, 6.07) is 20.6. The second-order valence-corrected chi connectivity index (χ2v) is 8.37. The van der Waals surface area contributed by atoms with Crippen molar-refractivity contribution in [3.05, 3.63) is 108 Å². The predicted molar refractivity (Wildman–Crippen MR) is 118 cm³/mol. The first-order chi connectivity index (χ1) is 15.4. The molecule has 1 amide bonds. The number of nitrogens with zero attached hydrogens (tertiary/aromatic N) is 1. The molecule has 1 heterocycles. The number of carbonyl (C=O) groups is 2. The van der Waals surface area contributed by atoms with Gasteiger partial charge in [-0.1, -0.05) is 42.5 Å². The summed E-state index contributed by atoms with van der Waals surface area (Å²) in [6.07, 6.45) is 2.41. The van der Waals surface area contributed by atoms with Crippen molar-refractivity contribution in [2.75, 3.05) is 10.0 Å². The van der Waals surface area contributed by atoms with E-state index in [1.165, 1.54) is 36.5 Å². The topological polar surface area (TPSA) is 118 Å². The van der Waals surface area contributed by atoms with Gasteiger partial charge in [-0.25, -0.2) is 13.4 Å². The van der Waals surface area contributed by atoms with E-state index in [9.17, 15) is 18.0 Å². The minimum absolute atomic E-state index is 0.0304. The molecule has 0 radical (unpaired) electrons. The number of aromatic nitrogens is 1. The van der Waals surface area contributed by atoms with Gasteiger partial charge in [-0.05, 0) is 36.4 Å². The van der Waals surface area contributed by atoms with Crippen LogP contribution in [-0.4, -0.2) is 25.1 Å². The lowest BCUT2D eigenvalue weighted by Crippen LogP contribution is -2.16. The molecule has 0 saturated heterocycles. The van der Waals surface area contributed by atoms with Crippen LogP contribution in [0.5, 0.6) is 0 Å². The van der Waals surface area contributed by atoms with Gasteiger partial charge in [0.25, 0.3) is 15.9 Å². The zero-order chi connectivity index (χ0) is 22.6. The van der Waals surface area contributed by atoms with Crippen molar-refractivity contribution in [1.82, 2.24) is 4.98 Å². The summed E-state index contributed by atoms with van der Waals surface area (Å²) < 4.78 is 33.2. The van der Waals surface area contributed by atoms with E-state index in [2.05, 4.69) is 15.0 Å². The first-order valence-electron chi connectivity index (χ1n) is 9.45. The minimum Gasteiger partial charge on any atom is -0.438 e. The maximum Gasteiger partial charge on any atom is 0.293 e. The van der Waals surface area contributed by atoms with Gasteiger partial charge in [0, 0.05) is 16.8 Å². The molecule has 1 aromatic heterocycles. The number of hydrogen-bond acceptors (Lipinski definition) is 6. The number of ketones is 1. The lowest BCUT2D eigenvalue weighted by molar-refractivity contribution is 0.0995. The molecule has 32 heavy (non-hydrogen) atoms. The minimum atomic E-state index is -3.98. The lowest BCUT2D eigenvalue weighted by Gasteiger charge is -2.12. The summed E-state index contributed by atoms with van der Waals surface area (Å²) >= 11 is 0. The highest BCUT2D eigenvalue weighted by molar-refractivity contribution is 7.92. The van der Waals surface area contributed by atoms with E-state index < -0.39 is 15.9 Å². The maximum absolute atomic E-state index is 12.9. The molecule has 0 atom stereocenters. The number of hydrogen-bond donors (Lipinski definition) is 2. The molecule has 0 unspecified atom stereocenters. The van der Waals surface area contributed by atoms with E-state index in [0.29, 0.717) is 11.3 Å². The van der Waals surface area contributed by atoms with Crippen LogP contribution in [0.4, 0.5) is 11.4 Å². The number of para-hydroxylation sites is 1. The Balaban J connectivity index is 1.54. The molecule has 9 heteroatoms. The Morgan fingerprint density at radius 2 is 1.53 bits per heavy atom. The van der Waals surface area contributed by atoms with Crippen molar-refractivity contribution < 1.29 is 22.4 Å². The Bertz CT molecular complexity index is 1350. The van der Waals surface area contributed by atoms with Gasteiger partial charge in [-0.3, -0.25) is 14.3 Å². The number of nitrogens with one attached hydrogen (secondary N) is 2. The van der Waals surface area contributed by atoms with Gasteiger partial charge < -0.3 is 9.73 Å². The second kappa shape index (κ2) is 8.86. The highest BCUT2D eigenvalue weighted by atomic mass is 32.2. The number of sulfonamides is 1. The number of oxazole rings is 1. The molecule has 0 bridgehead atoms. The van der Waals surface area contributed by atoms with Crippen LogP contribution in [0, 0.1) is 0 Å². The third kappa shape index (κ3) is 4.57. The smallest absolute Gasteiger partial charge is 0.293 e. The van der Waals surface area contributed by atoms with Crippen molar-refractivity contribution in [1.29, 1.82) is 0 Å². The first-order valence-corrected chi connectivity index (χ1v) is 10.9. The summed E-state index contributed by atoms with van der Waals surface area (Å²) in [6.45, 7) is 0. The van der Waals surface area contributed by atoms with E-state index in [1.54, 1.807) is 48.5 Å². The van der Waals surface area contributed by atoms with Crippen molar-refractivity contribution in [3.63, 3.8) is 0 Å². The Kier molecular flexibility index (Phi) is 5.82. The van der Waals surface area contributed by atoms with E-state index in [-0.39, 0.29) is 27.7 Å². The summed E-state index contributed by atoms with van der Waals surface area (Å²) in [5.74, 6) is -0.776. The van der Waals surface area contributed by atoms with E-state index in [4.69, 9.17) is 4.42 Å². The molecule has 0 aliphatic carbocycles. The Morgan fingerprint density at radius 1 is 0.844 bits per heavy atom. The molecule has 0 aliphatic heterocycles. The maximum atomic E-state index is 12.9. The van der Waals surface area contributed by atoms with Crippen molar-refractivity contribution in [3.8, 4) is 0 Å². The molecule has 2 N–H and O–H groups in total. The number of rotatable bonds is 7. The summed E-state index contributed by atoms with van der Waals surface area (Å²) in [5, 5.41) is 2.58. The third-order valence-corrected chi connectivity index (χ3v) is 5.91. The van der Waals surface area contributed by atoms with Gasteiger partial charge in [0.05, 0.1) is 16.8 Å². The lowest BCUT2D eigenvalue weighted by atomic mass is 10.0. The normalized spacial score (nSPS) is 11.0. The van der Waals surface area contributed by atoms with Crippen LogP contribution < -0.4 is 10.0 Å². The standard InChI is InChI=1S/C23H17N3O5S/c27-22(16-6-2-1-3-7-16)19-8-4-5-9-20(19)26-32(29,30)18-12-10-17(11-13-18)25-23(28)21-14-24-15-31-21/h1-15,26H,(H,25,28). The summed E-state index contributed by atoms with van der Waals surface area (Å²) in [4.78, 5) is 28.5. The number of carbonyl (C=O) groups excluding carboxylic acids is 2. The van der Waals surface area contributed by atoms with Gasteiger partial charge in [0.2, 0.25) is 5.76 Å². The fourth-order valence-electron chi connectivity index (χ4n) is 2.96. The molecule has 0 fully saturated rings. The molecule has 0 aliphatic rings. The zero-order valence-electron chi connectivity index (χ0n) is 16.6. The van der Waals surface area contributed by atoms with Crippen LogP contribution in [0.25, 0.3) is 0 Å². The van der Waals surface area contributed by atoms with Gasteiger partial charge in [0.15, 0.2) is 12.2 Å². The van der Waals surface area contributed by atoms with Crippen molar-refractivity contribution >= 4 is 33.1 Å². The van der Waals surface area contributed by atoms with Gasteiger partial charge in [-0.2, -0.15) is 0 Å². The quantitative estimate of drug-likeness (QED) is 0.414. The largest absolute Gasteiger partial charge is 0.438 e. The van der Waals surface area contributed by atoms with E-state index in [1.807, 2.05) is 0 Å². The van der Waals surface area contributed by atoms with Gasteiger partial charge in [-0.15, -0.1) is 0 Å². The second-order valence-electron chi connectivity index (χ2n) is 6.69. The molecule has 0 spiro atoms. The molecule has 4 rings (SSSR count). The number of amides is 1. The molecule has 8 nitrogen and oxygen atoms in total. The van der Waals surface area contributed by atoms with Crippen molar-refractivity contribution in [2.45, 2.75) is 4.90 Å². The average Bonchev–Trinajstić information content (AvgIpc) is 3.35. The number of anilines is 2. The Labute approximate surface area is 184 Å². The van der Waals surface area contributed by atoms with Crippen LogP contribution in [0.3, 0.4) is 0 Å². The first kappa shape index (κ1) is 21.0. The predicted octanol–water partition coefficient (Wildman–Crippen LogP) is 3.96. The SMILES string of the molecule is O=C(Nc1ccc(S(=O)(=O)Nc2ccccc2C(=O)c2ccccc2)cc1)c1cnco1. The highest BCUT2D eigenvalue weighted by Gasteiger charge is 2.19. The molecule has 0 saturated carbocycles. The fraction of sp³-hybridized carbons (Fsp3) is 0. The Morgan fingerprint density at radius 3 is 2.22 bits per heavy atom. The molecule has 3 aromatic carbocycles. The van der Waals surface area contributed by atoms with E-state index in [0.717, 1.165) is 6.39 Å². The van der Waals surface area contributed by atoms with Crippen LogP contribution in [0.15, 0.2) is 101 Å². The average molecular weight is 447 g/mol. The molecular formula is C23H17N3O5S. The van der Waals surface area contributed by atoms with Crippen LogP contribution in [-0.2, 0) is 10.0 Å². The van der Waals surface area contributed by atoms with Crippen LogP contribution >= 0.6 is 0 Å². The zero-order valence-corrected chi connectivity index (χ0v) is 17.4.